The van der Waals surface area contributed by atoms with Crippen molar-refractivity contribution in [3.8, 4) is 6.07 Å². The molecule has 1 amide bonds. The maximum atomic E-state index is 12.9. The number of amides is 1. The Balaban J connectivity index is 1.65. The average Bonchev–Trinajstić information content (AvgIpc) is 3.08. The summed E-state index contributed by atoms with van der Waals surface area (Å²) in [4.78, 5) is 12.9. The molecule has 0 saturated heterocycles. The van der Waals surface area contributed by atoms with Gasteiger partial charge in [-0.2, -0.15) is 16.6 Å². The number of hydrogen-bond acceptors (Lipinski definition) is 5. The minimum atomic E-state index is -0.594. The van der Waals surface area contributed by atoms with Gasteiger partial charge in [0.2, 0.25) is 0 Å². The van der Waals surface area contributed by atoms with E-state index in [9.17, 15) is 10.1 Å². The van der Waals surface area contributed by atoms with Crippen LogP contribution in [0.15, 0.2) is 23.0 Å². The molecule has 1 N–H and O–H groups in total. The van der Waals surface area contributed by atoms with Crippen molar-refractivity contribution in [2.45, 2.75) is 63.5 Å². The van der Waals surface area contributed by atoms with Crippen molar-refractivity contribution in [1.29, 1.82) is 5.26 Å². The molecule has 0 spiro atoms. The van der Waals surface area contributed by atoms with Crippen molar-refractivity contribution >= 4 is 17.2 Å². The van der Waals surface area contributed by atoms with Gasteiger partial charge in [-0.25, -0.2) is 4.68 Å². The van der Waals surface area contributed by atoms with E-state index < -0.39 is 11.1 Å². The van der Waals surface area contributed by atoms with Gasteiger partial charge in [0.05, 0.1) is 23.4 Å². The maximum Gasteiger partial charge on any atom is 0.252 e. The molecule has 0 aliphatic heterocycles. The summed E-state index contributed by atoms with van der Waals surface area (Å²) in [5.74, 6) is 0.953. The quantitative estimate of drug-likeness (QED) is 0.850. The van der Waals surface area contributed by atoms with E-state index in [1.165, 1.54) is 11.3 Å². The van der Waals surface area contributed by atoms with Crippen LogP contribution in [0.5, 0.6) is 0 Å². The Labute approximate surface area is 163 Å². The highest BCUT2D eigenvalue weighted by molar-refractivity contribution is 7.08. The minimum Gasteiger partial charge on any atom is -0.341 e. The lowest BCUT2D eigenvalue weighted by Gasteiger charge is -2.40. The lowest BCUT2D eigenvalue weighted by Crippen LogP contribution is -2.50. The number of nitrogens with zero attached hydrogens (tertiary/aromatic N) is 4. The monoisotopic (exact) mass is 383 g/mol. The van der Waals surface area contributed by atoms with Gasteiger partial charge in [-0.3, -0.25) is 4.79 Å². The van der Waals surface area contributed by atoms with Crippen LogP contribution < -0.4 is 5.32 Å². The minimum absolute atomic E-state index is 0.0756. The summed E-state index contributed by atoms with van der Waals surface area (Å²) in [5.41, 5.74) is 0.304. The number of carbonyl (C=O) groups is 1. The number of carbonyl (C=O) groups excluding carboxylic acids is 1. The van der Waals surface area contributed by atoms with Crippen LogP contribution in [0.1, 0.15) is 68.4 Å². The molecule has 2 aliphatic carbocycles. The fourth-order valence-corrected chi connectivity index (χ4v) is 4.77. The van der Waals surface area contributed by atoms with E-state index in [4.69, 9.17) is 0 Å². The summed E-state index contributed by atoms with van der Waals surface area (Å²) in [7, 11) is 0. The molecule has 2 aromatic rings. The predicted octanol–water partition coefficient (Wildman–Crippen LogP) is 3.82. The Kier molecular flexibility index (Phi) is 4.55. The third-order valence-electron chi connectivity index (χ3n) is 6.38. The average molecular weight is 384 g/mol. The van der Waals surface area contributed by atoms with Gasteiger partial charge in [-0.15, -0.1) is 5.10 Å². The maximum absolute atomic E-state index is 12.9. The Morgan fingerprint density at radius 2 is 2.15 bits per heavy atom. The summed E-state index contributed by atoms with van der Waals surface area (Å²) < 4.78 is 1.70. The Bertz CT molecular complexity index is 855. The number of nitrogens with one attached hydrogen (secondary N) is 1. The standard InChI is InChI=1S/C20H25N5OS/c1-14-3-5-16(6-4-14)19(2,22-18(26)15-7-10-27-12-15)17-11-25(24-23-17)20(13-21)8-9-20/h7,10-12,14,16H,3-6,8-9H2,1-2H3,(H,22,26)/t14?,16?,19-/m1/s1. The smallest absolute Gasteiger partial charge is 0.252 e. The second-order valence-corrected chi connectivity index (χ2v) is 9.10. The first-order valence-corrected chi connectivity index (χ1v) is 10.6. The summed E-state index contributed by atoms with van der Waals surface area (Å²) in [6.07, 6.45) is 7.92. The molecule has 4 rings (SSSR count). The number of hydrogen-bond donors (Lipinski definition) is 1. The highest BCUT2D eigenvalue weighted by atomic mass is 32.1. The second kappa shape index (κ2) is 6.75. The van der Waals surface area contributed by atoms with Crippen LogP contribution in [-0.2, 0) is 11.1 Å². The molecule has 2 heterocycles. The summed E-state index contributed by atoms with van der Waals surface area (Å²) in [6, 6.07) is 4.20. The van der Waals surface area contributed by atoms with Gasteiger partial charge in [0, 0.05) is 5.38 Å². The van der Waals surface area contributed by atoms with E-state index in [1.807, 2.05) is 23.0 Å². The molecule has 2 aliphatic rings. The van der Waals surface area contributed by atoms with E-state index in [2.05, 4.69) is 35.5 Å². The van der Waals surface area contributed by atoms with Crippen molar-refractivity contribution in [1.82, 2.24) is 20.3 Å². The third-order valence-corrected chi connectivity index (χ3v) is 7.07. The molecule has 27 heavy (non-hydrogen) atoms. The fraction of sp³-hybridized carbons (Fsp3) is 0.600. The van der Waals surface area contributed by atoms with Crippen LogP contribution in [0.3, 0.4) is 0 Å². The number of nitriles is 1. The Morgan fingerprint density at radius 1 is 1.41 bits per heavy atom. The van der Waals surface area contributed by atoms with Crippen molar-refractivity contribution in [2.24, 2.45) is 11.8 Å². The molecule has 2 fully saturated rings. The normalized spacial score (nSPS) is 26.0. The molecule has 7 heteroatoms. The van der Waals surface area contributed by atoms with Crippen LogP contribution in [0.2, 0.25) is 0 Å². The van der Waals surface area contributed by atoms with Gasteiger partial charge < -0.3 is 5.32 Å². The van der Waals surface area contributed by atoms with Gasteiger partial charge in [-0.1, -0.05) is 25.0 Å². The van der Waals surface area contributed by atoms with E-state index in [-0.39, 0.29) is 5.91 Å². The highest BCUT2D eigenvalue weighted by Gasteiger charge is 2.48. The molecule has 0 bridgehead atoms. The molecule has 2 aromatic heterocycles. The first-order valence-electron chi connectivity index (χ1n) is 9.66. The first-order chi connectivity index (χ1) is 13.0. The molecule has 1 atom stereocenters. The zero-order valence-electron chi connectivity index (χ0n) is 15.8. The van der Waals surface area contributed by atoms with Gasteiger partial charge >= 0.3 is 0 Å². The molecular weight excluding hydrogens is 358 g/mol. The fourth-order valence-electron chi connectivity index (χ4n) is 4.14. The molecule has 6 nitrogen and oxygen atoms in total. The van der Waals surface area contributed by atoms with Crippen LogP contribution in [0.25, 0.3) is 0 Å². The topological polar surface area (TPSA) is 83.6 Å². The predicted molar refractivity (Wildman–Crippen MR) is 103 cm³/mol. The van der Waals surface area contributed by atoms with Crippen molar-refractivity contribution in [2.75, 3.05) is 0 Å². The van der Waals surface area contributed by atoms with Gasteiger partial charge in [0.1, 0.15) is 5.69 Å². The van der Waals surface area contributed by atoms with Crippen LogP contribution >= 0.6 is 11.3 Å². The lowest BCUT2D eigenvalue weighted by atomic mass is 9.71. The van der Waals surface area contributed by atoms with Gasteiger partial charge in [-0.05, 0) is 55.9 Å². The number of rotatable bonds is 5. The van der Waals surface area contributed by atoms with Crippen LogP contribution in [0.4, 0.5) is 0 Å². The summed E-state index contributed by atoms with van der Waals surface area (Å²) in [6.45, 7) is 4.36. The highest BCUT2D eigenvalue weighted by Crippen LogP contribution is 2.44. The van der Waals surface area contributed by atoms with E-state index in [0.717, 1.165) is 50.1 Å². The largest absolute Gasteiger partial charge is 0.341 e. The second-order valence-electron chi connectivity index (χ2n) is 8.32. The molecule has 142 valence electrons. The summed E-state index contributed by atoms with van der Waals surface area (Å²) >= 11 is 1.52. The third kappa shape index (κ3) is 3.27. The van der Waals surface area contributed by atoms with Crippen LogP contribution in [0, 0.1) is 23.2 Å². The molecule has 0 radical (unpaired) electrons. The first kappa shape index (κ1) is 18.2. The van der Waals surface area contributed by atoms with E-state index >= 15 is 0 Å². The van der Waals surface area contributed by atoms with E-state index in [1.54, 1.807) is 4.68 Å². The Hall–Kier alpha value is -2.20. The van der Waals surface area contributed by atoms with Crippen LogP contribution in [-0.4, -0.2) is 20.9 Å². The summed E-state index contributed by atoms with van der Waals surface area (Å²) in [5, 5.41) is 25.2. The molecule has 0 aromatic carbocycles. The lowest BCUT2D eigenvalue weighted by molar-refractivity contribution is 0.0813. The Morgan fingerprint density at radius 3 is 2.74 bits per heavy atom. The van der Waals surface area contributed by atoms with Crippen molar-refractivity contribution in [3.63, 3.8) is 0 Å². The zero-order valence-corrected chi connectivity index (χ0v) is 16.6. The molecular formula is C20H25N5OS. The number of aromatic nitrogens is 3. The van der Waals surface area contributed by atoms with Gasteiger partial charge in [0.25, 0.3) is 5.91 Å². The number of thiophene rings is 1. The van der Waals surface area contributed by atoms with Crippen molar-refractivity contribution < 1.29 is 4.79 Å². The zero-order chi connectivity index (χ0) is 19.1. The molecule has 0 unspecified atom stereocenters. The SMILES string of the molecule is CC1CCC([C@@](C)(NC(=O)c2ccsc2)c2cn(C3(C#N)CC3)nn2)CC1. The molecule has 2 saturated carbocycles. The van der Waals surface area contributed by atoms with Gasteiger partial charge in [0.15, 0.2) is 5.54 Å². The van der Waals surface area contributed by atoms with Crippen molar-refractivity contribution in [3.05, 3.63) is 34.3 Å². The van der Waals surface area contributed by atoms with E-state index in [0.29, 0.717) is 11.5 Å².